The van der Waals surface area contributed by atoms with Crippen molar-refractivity contribution >= 4 is 22.7 Å². The first-order valence-electron chi connectivity index (χ1n) is 10.3. The predicted molar refractivity (Wildman–Crippen MR) is 112 cm³/mol. The van der Waals surface area contributed by atoms with E-state index in [2.05, 4.69) is 17.1 Å². The number of nitrogens with zero attached hydrogens (tertiary/aromatic N) is 4. The van der Waals surface area contributed by atoms with Crippen molar-refractivity contribution in [2.24, 2.45) is 0 Å². The van der Waals surface area contributed by atoms with Gasteiger partial charge >= 0.3 is 0 Å². The van der Waals surface area contributed by atoms with Crippen molar-refractivity contribution in [3.05, 3.63) is 46.3 Å². The number of para-hydroxylation sites is 1. The number of thioether (sulfide) groups is 1. The van der Waals surface area contributed by atoms with Crippen LogP contribution in [0, 0.1) is 0 Å². The summed E-state index contributed by atoms with van der Waals surface area (Å²) in [5.74, 6) is 1.30. The van der Waals surface area contributed by atoms with Crippen LogP contribution in [-0.4, -0.2) is 32.4 Å². The van der Waals surface area contributed by atoms with Gasteiger partial charge in [0.15, 0.2) is 11.0 Å². The average Bonchev–Trinajstić information content (AvgIpc) is 3.41. The van der Waals surface area contributed by atoms with Crippen molar-refractivity contribution in [1.82, 2.24) is 19.7 Å². The lowest BCUT2D eigenvalue weighted by Gasteiger charge is -2.17. The van der Waals surface area contributed by atoms with Crippen molar-refractivity contribution in [2.75, 3.05) is 6.61 Å². The Kier molecular flexibility index (Phi) is 6.30. The van der Waals surface area contributed by atoms with Crippen molar-refractivity contribution < 1.29 is 9.26 Å². The Bertz CT molecular complexity index is 1030. The summed E-state index contributed by atoms with van der Waals surface area (Å²) < 4.78 is 13.0. The number of rotatable bonds is 8. The fraction of sp³-hybridized carbons (Fsp3) is 0.524. The highest BCUT2D eigenvalue weighted by molar-refractivity contribution is 7.99. The lowest BCUT2D eigenvalue weighted by molar-refractivity contribution is 0.0937. The second kappa shape index (κ2) is 9.09. The zero-order chi connectivity index (χ0) is 20.2. The van der Waals surface area contributed by atoms with E-state index in [1.165, 1.54) is 11.8 Å². The molecule has 1 aromatic carbocycles. The Hall–Kier alpha value is -2.19. The van der Waals surface area contributed by atoms with Crippen molar-refractivity contribution in [3.8, 4) is 0 Å². The SMILES string of the molecule is CCCCc1noc([C@@H](C)Sc2nc3ccccc3c(=O)n2C[C@H]2CCCO2)n1. The van der Waals surface area contributed by atoms with E-state index in [1.54, 1.807) is 4.57 Å². The molecule has 1 aliphatic rings. The molecule has 1 saturated heterocycles. The third-order valence-corrected chi connectivity index (χ3v) is 6.18. The first kappa shape index (κ1) is 20.1. The normalized spacial score (nSPS) is 17.8. The molecule has 1 aliphatic heterocycles. The van der Waals surface area contributed by atoms with Gasteiger partial charge in [-0.15, -0.1) is 0 Å². The largest absolute Gasteiger partial charge is 0.376 e. The van der Waals surface area contributed by atoms with Crippen LogP contribution in [0.1, 0.15) is 56.5 Å². The summed E-state index contributed by atoms with van der Waals surface area (Å²) in [6, 6.07) is 7.46. The predicted octanol–water partition coefficient (Wildman–Crippen LogP) is 4.15. The van der Waals surface area contributed by atoms with E-state index in [0.717, 1.165) is 44.5 Å². The molecule has 0 N–H and O–H groups in total. The number of fused-ring (bicyclic) bond motifs is 1. The van der Waals surface area contributed by atoms with Crippen molar-refractivity contribution in [3.63, 3.8) is 0 Å². The molecule has 2 atom stereocenters. The quantitative estimate of drug-likeness (QED) is 0.404. The summed E-state index contributed by atoms with van der Waals surface area (Å²) in [7, 11) is 0. The second-order valence-electron chi connectivity index (χ2n) is 7.37. The summed E-state index contributed by atoms with van der Waals surface area (Å²) in [4.78, 5) is 22.5. The first-order chi connectivity index (χ1) is 14.2. The Morgan fingerprint density at radius 3 is 2.97 bits per heavy atom. The van der Waals surface area contributed by atoms with Crippen molar-refractivity contribution in [2.45, 2.75) is 69.0 Å². The third kappa shape index (κ3) is 4.53. The second-order valence-corrected chi connectivity index (χ2v) is 8.68. The molecule has 4 rings (SSSR count). The molecule has 0 spiro atoms. The van der Waals surface area contributed by atoms with Crippen LogP contribution in [-0.2, 0) is 17.7 Å². The Morgan fingerprint density at radius 1 is 1.31 bits per heavy atom. The van der Waals surface area contributed by atoms with Crippen LogP contribution >= 0.6 is 11.8 Å². The minimum Gasteiger partial charge on any atom is -0.376 e. The number of hydrogen-bond donors (Lipinski definition) is 0. The maximum atomic E-state index is 13.2. The summed E-state index contributed by atoms with van der Waals surface area (Å²) in [6.07, 6.45) is 4.98. The minimum atomic E-state index is -0.110. The molecule has 154 valence electrons. The summed E-state index contributed by atoms with van der Waals surface area (Å²) in [6.45, 7) is 5.40. The highest BCUT2D eigenvalue weighted by Crippen LogP contribution is 2.33. The number of unbranched alkanes of at least 4 members (excludes halogenated alkanes) is 1. The molecule has 3 heterocycles. The maximum absolute atomic E-state index is 13.2. The monoisotopic (exact) mass is 414 g/mol. The van der Waals surface area contributed by atoms with Gasteiger partial charge in [-0.1, -0.05) is 42.4 Å². The first-order valence-corrected chi connectivity index (χ1v) is 11.1. The molecule has 0 aliphatic carbocycles. The molecule has 0 unspecified atom stereocenters. The Morgan fingerprint density at radius 2 is 2.17 bits per heavy atom. The van der Waals surface area contributed by atoms with Gasteiger partial charge in [0.05, 0.1) is 28.8 Å². The standard InChI is InChI=1S/C21H26N4O3S/c1-3-4-11-18-23-19(28-24-18)14(2)29-21-22-17-10-6-5-9-16(17)20(26)25(21)13-15-8-7-12-27-15/h5-6,9-10,14-15H,3-4,7-8,11-13H2,1-2H3/t14-,15-/m1/s1. The summed E-state index contributed by atoms with van der Waals surface area (Å²) in [5, 5.41) is 5.26. The number of ether oxygens (including phenoxy) is 1. The van der Waals surface area contributed by atoms with Crippen LogP contribution in [0.3, 0.4) is 0 Å². The van der Waals surface area contributed by atoms with E-state index in [4.69, 9.17) is 14.2 Å². The van der Waals surface area contributed by atoms with Gasteiger partial charge in [0.1, 0.15) is 0 Å². The van der Waals surface area contributed by atoms with Crippen LogP contribution < -0.4 is 5.56 Å². The summed E-state index contributed by atoms with van der Waals surface area (Å²) >= 11 is 1.47. The number of aromatic nitrogens is 4. The van der Waals surface area contributed by atoms with E-state index in [9.17, 15) is 4.79 Å². The highest BCUT2D eigenvalue weighted by atomic mass is 32.2. The van der Waals surface area contributed by atoms with Gasteiger partial charge in [-0.25, -0.2) is 4.98 Å². The molecule has 0 amide bonds. The van der Waals surface area contributed by atoms with Gasteiger partial charge < -0.3 is 9.26 Å². The maximum Gasteiger partial charge on any atom is 0.262 e. The van der Waals surface area contributed by atoms with Gasteiger partial charge in [0.25, 0.3) is 5.56 Å². The number of hydrogen-bond acceptors (Lipinski definition) is 7. The van der Waals surface area contributed by atoms with E-state index in [1.807, 2.05) is 31.2 Å². The molecular formula is C21H26N4O3S. The van der Waals surface area contributed by atoms with E-state index < -0.39 is 0 Å². The number of aryl methyl sites for hydroxylation is 1. The van der Waals surface area contributed by atoms with E-state index in [-0.39, 0.29) is 16.9 Å². The topological polar surface area (TPSA) is 83.0 Å². The van der Waals surface area contributed by atoms with Crippen LogP contribution in [0.25, 0.3) is 10.9 Å². The third-order valence-electron chi connectivity index (χ3n) is 5.10. The van der Waals surface area contributed by atoms with Gasteiger partial charge in [-0.3, -0.25) is 9.36 Å². The van der Waals surface area contributed by atoms with Crippen molar-refractivity contribution in [1.29, 1.82) is 0 Å². The molecule has 29 heavy (non-hydrogen) atoms. The fourth-order valence-electron chi connectivity index (χ4n) is 3.47. The Balaban J connectivity index is 1.64. The molecule has 8 heteroatoms. The van der Waals surface area contributed by atoms with Crippen LogP contribution in [0.5, 0.6) is 0 Å². The zero-order valence-electron chi connectivity index (χ0n) is 16.8. The molecule has 2 aromatic heterocycles. The van der Waals surface area contributed by atoms with Crippen LogP contribution in [0.2, 0.25) is 0 Å². The van der Waals surface area contributed by atoms with Crippen LogP contribution in [0.15, 0.2) is 38.7 Å². The molecule has 0 saturated carbocycles. The molecule has 1 fully saturated rings. The highest BCUT2D eigenvalue weighted by Gasteiger charge is 2.23. The molecule has 7 nitrogen and oxygen atoms in total. The van der Waals surface area contributed by atoms with Gasteiger partial charge in [-0.05, 0) is 38.3 Å². The van der Waals surface area contributed by atoms with Crippen LogP contribution in [0.4, 0.5) is 0 Å². The molecule has 3 aromatic rings. The van der Waals surface area contributed by atoms with E-state index >= 15 is 0 Å². The number of benzene rings is 1. The summed E-state index contributed by atoms with van der Waals surface area (Å²) in [5.41, 5.74) is 0.667. The lowest BCUT2D eigenvalue weighted by atomic mass is 10.2. The smallest absolute Gasteiger partial charge is 0.262 e. The van der Waals surface area contributed by atoms with Gasteiger partial charge in [0, 0.05) is 13.0 Å². The Labute approximate surface area is 173 Å². The van der Waals surface area contributed by atoms with Gasteiger partial charge in [0.2, 0.25) is 5.89 Å². The fourth-order valence-corrected chi connectivity index (χ4v) is 4.42. The minimum absolute atomic E-state index is 0.0324. The lowest BCUT2D eigenvalue weighted by Crippen LogP contribution is -2.29. The van der Waals surface area contributed by atoms with Gasteiger partial charge in [-0.2, -0.15) is 4.98 Å². The molecular weight excluding hydrogens is 388 g/mol. The average molecular weight is 415 g/mol. The van der Waals surface area contributed by atoms with E-state index in [0.29, 0.717) is 28.5 Å². The molecule has 0 radical (unpaired) electrons. The molecule has 0 bridgehead atoms. The zero-order valence-corrected chi connectivity index (χ0v) is 17.7.